The fourth-order valence-corrected chi connectivity index (χ4v) is 1.65. The van der Waals surface area contributed by atoms with Gasteiger partial charge < -0.3 is 0 Å². The van der Waals surface area contributed by atoms with Crippen molar-refractivity contribution >= 4 is 21.8 Å². The Morgan fingerprint density at radius 1 is 0.955 bits per heavy atom. The molecule has 1 aliphatic rings. The Balaban J connectivity index is 0.000000225. The minimum atomic E-state index is -4.16. The van der Waals surface area contributed by atoms with Crippen LogP contribution < -0.4 is 4.83 Å². The van der Waals surface area contributed by atoms with E-state index in [4.69, 9.17) is 11.1 Å². The third-order valence-electron chi connectivity index (χ3n) is 2.19. The van der Waals surface area contributed by atoms with E-state index in [0.717, 1.165) is 0 Å². The van der Waals surface area contributed by atoms with Gasteiger partial charge in [-0.15, -0.1) is 10.4 Å². The van der Waals surface area contributed by atoms with E-state index in [2.05, 4.69) is 14.7 Å². The predicted octanol–water partition coefficient (Wildman–Crippen LogP) is 1.98. The van der Waals surface area contributed by atoms with Gasteiger partial charge in [-0.3, -0.25) is 9.59 Å². The standard InChI is InChI=1S/C10H6O2.HN7O2S/c11-9-5-6-10(12)8-4-2-1-3-7(8)9;1-3-5-7-10(8,9)6-4-2/h1-6H;7H. The van der Waals surface area contributed by atoms with Crippen molar-refractivity contribution in [3.05, 3.63) is 68.4 Å². The molecule has 112 valence electrons. The summed E-state index contributed by atoms with van der Waals surface area (Å²) in [6.07, 6.45) is 2.62. The zero-order valence-electron chi connectivity index (χ0n) is 10.7. The summed E-state index contributed by atoms with van der Waals surface area (Å²) in [5.74, 6) is -0.185. The van der Waals surface area contributed by atoms with Gasteiger partial charge in [0, 0.05) is 16.0 Å². The highest BCUT2D eigenvalue weighted by atomic mass is 32.2. The van der Waals surface area contributed by atoms with Crippen LogP contribution in [0.4, 0.5) is 0 Å². The molecule has 0 heterocycles. The average molecular weight is 321 g/mol. The van der Waals surface area contributed by atoms with Crippen LogP contribution in [0.1, 0.15) is 20.7 Å². The lowest BCUT2D eigenvalue weighted by Crippen LogP contribution is -2.12. The maximum Gasteiger partial charge on any atom is 0.394 e. The van der Waals surface area contributed by atoms with Crippen molar-refractivity contribution in [3.8, 4) is 0 Å². The fraction of sp³-hybridized carbons (Fsp3) is 0. The minimum absolute atomic E-state index is 0.0924. The molecule has 1 N–H and O–H groups in total. The van der Waals surface area contributed by atoms with Crippen molar-refractivity contribution in [3.63, 3.8) is 0 Å². The first-order valence-electron chi connectivity index (χ1n) is 5.39. The van der Waals surface area contributed by atoms with Gasteiger partial charge in [-0.2, -0.15) is 13.3 Å². The molecule has 12 heteroatoms. The van der Waals surface area contributed by atoms with Crippen molar-refractivity contribution < 1.29 is 18.0 Å². The molecule has 0 fully saturated rings. The summed E-state index contributed by atoms with van der Waals surface area (Å²) in [6.45, 7) is 0. The number of ketones is 2. The number of benzene rings is 1. The molecule has 1 aliphatic carbocycles. The smallest absolute Gasteiger partial charge is 0.289 e. The molecule has 0 unspecified atom stereocenters. The van der Waals surface area contributed by atoms with Crippen LogP contribution in [0.3, 0.4) is 0 Å². The highest BCUT2D eigenvalue weighted by Gasteiger charge is 2.16. The maximum absolute atomic E-state index is 11.2. The fourth-order valence-electron chi connectivity index (χ4n) is 1.38. The Hall–Kier alpha value is -3.33. The van der Waals surface area contributed by atoms with Crippen LogP contribution in [0.15, 0.2) is 46.2 Å². The number of fused-ring (bicyclic) bond motifs is 1. The summed E-state index contributed by atoms with van der Waals surface area (Å²) in [4.78, 5) is 27.7. The molecule has 0 bridgehead atoms. The number of carbonyl (C=O) groups is 2. The maximum atomic E-state index is 11.2. The highest BCUT2D eigenvalue weighted by Crippen LogP contribution is 2.15. The summed E-state index contributed by atoms with van der Waals surface area (Å²) in [5, 5.41) is 2.44. The number of carbonyl (C=O) groups excluding carboxylic acids is 2. The van der Waals surface area contributed by atoms with E-state index < -0.39 is 10.2 Å². The number of hydrogen-bond donors (Lipinski definition) is 1. The Morgan fingerprint density at radius 2 is 1.45 bits per heavy atom. The minimum Gasteiger partial charge on any atom is -0.289 e. The SMILES string of the molecule is O=C1C=CC(=O)c2ccccc21.[N-]=[N+]=NNS(=O)(=O)N=[N+]=[N-]. The zero-order valence-corrected chi connectivity index (χ0v) is 11.5. The first kappa shape index (κ1) is 16.7. The molecule has 0 atom stereocenters. The van der Waals surface area contributed by atoms with E-state index in [1.165, 1.54) is 17.0 Å². The van der Waals surface area contributed by atoms with Crippen LogP contribution in [-0.2, 0) is 10.2 Å². The number of nitrogens with one attached hydrogen (secondary N) is 1. The quantitative estimate of drug-likeness (QED) is 0.387. The monoisotopic (exact) mass is 321 g/mol. The van der Waals surface area contributed by atoms with E-state index in [9.17, 15) is 18.0 Å². The van der Waals surface area contributed by atoms with Gasteiger partial charge in [-0.25, -0.2) is 0 Å². The molecule has 0 saturated heterocycles. The van der Waals surface area contributed by atoms with Gasteiger partial charge in [-0.05, 0) is 22.9 Å². The summed E-state index contributed by atoms with van der Waals surface area (Å²) in [6, 6.07) is 6.84. The molecule has 0 amide bonds. The largest absolute Gasteiger partial charge is 0.394 e. The Labute approximate surface area is 123 Å². The lowest BCUT2D eigenvalue weighted by Gasteiger charge is -2.06. The van der Waals surface area contributed by atoms with Crippen LogP contribution in [0.5, 0.6) is 0 Å². The molecule has 1 aromatic rings. The van der Waals surface area contributed by atoms with Gasteiger partial charge in [0.05, 0.1) is 4.52 Å². The highest BCUT2D eigenvalue weighted by molar-refractivity contribution is 7.88. The van der Waals surface area contributed by atoms with E-state index in [-0.39, 0.29) is 11.6 Å². The second kappa shape index (κ2) is 7.45. The number of rotatable bonds is 3. The van der Waals surface area contributed by atoms with Crippen molar-refractivity contribution in [2.75, 3.05) is 0 Å². The molecular weight excluding hydrogens is 314 g/mol. The Kier molecular flexibility index (Phi) is 5.66. The molecule has 11 nitrogen and oxygen atoms in total. The van der Waals surface area contributed by atoms with Crippen LogP contribution in [-0.4, -0.2) is 20.0 Å². The van der Waals surface area contributed by atoms with E-state index >= 15 is 0 Å². The number of nitrogens with zero attached hydrogens (tertiary/aromatic N) is 6. The molecule has 0 saturated carbocycles. The molecule has 22 heavy (non-hydrogen) atoms. The average Bonchev–Trinajstić information content (AvgIpc) is 2.50. The normalized spacial score (nSPS) is 12.0. The van der Waals surface area contributed by atoms with Crippen LogP contribution in [0, 0.1) is 0 Å². The van der Waals surface area contributed by atoms with Gasteiger partial charge >= 0.3 is 10.2 Å². The topological polar surface area (TPSA) is 178 Å². The van der Waals surface area contributed by atoms with Crippen LogP contribution in [0.25, 0.3) is 20.9 Å². The van der Waals surface area contributed by atoms with Crippen molar-refractivity contribution in [2.45, 2.75) is 0 Å². The number of azide groups is 2. The third kappa shape index (κ3) is 4.65. The molecular formula is C10H7N7O4S. The predicted molar refractivity (Wildman–Crippen MR) is 74.6 cm³/mol. The second-order valence-corrected chi connectivity index (χ2v) is 4.83. The zero-order chi connectivity index (χ0) is 16.6. The molecule has 0 radical (unpaired) electrons. The summed E-state index contributed by atoms with van der Waals surface area (Å²) < 4.78 is 22.7. The van der Waals surface area contributed by atoms with Crippen molar-refractivity contribution in [2.24, 2.45) is 9.74 Å². The first-order chi connectivity index (χ1) is 10.4. The lowest BCUT2D eigenvalue weighted by atomic mass is 9.95. The third-order valence-corrected chi connectivity index (χ3v) is 2.79. The van der Waals surface area contributed by atoms with Crippen molar-refractivity contribution in [1.82, 2.24) is 4.83 Å². The lowest BCUT2D eigenvalue weighted by molar-refractivity contribution is 0.0994. The van der Waals surface area contributed by atoms with Gasteiger partial charge in [0.15, 0.2) is 11.6 Å². The summed E-state index contributed by atoms with van der Waals surface area (Å²) in [5.41, 5.74) is 16.2. The number of hydrogen-bond acceptors (Lipinski definition) is 5. The Bertz CT molecular complexity index is 796. The summed E-state index contributed by atoms with van der Waals surface area (Å²) in [7, 11) is -4.16. The molecule has 2 rings (SSSR count). The summed E-state index contributed by atoms with van der Waals surface area (Å²) >= 11 is 0. The van der Waals surface area contributed by atoms with Crippen LogP contribution in [0.2, 0.25) is 0 Å². The van der Waals surface area contributed by atoms with E-state index in [1.807, 2.05) is 4.91 Å². The second-order valence-electron chi connectivity index (χ2n) is 3.53. The van der Waals surface area contributed by atoms with E-state index in [1.54, 1.807) is 24.3 Å². The van der Waals surface area contributed by atoms with Gasteiger partial charge in [-0.1, -0.05) is 24.3 Å². The van der Waals surface area contributed by atoms with Gasteiger partial charge in [0.25, 0.3) is 0 Å². The van der Waals surface area contributed by atoms with Crippen LogP contribution >= 0.6 is 0 Å². The van der Waals surface area contributed by atoms with Gasteiger partial charge in [0.1, 0.15) is 0 Å². The molecule has 0 aliphatic heterocycles. The number of allylic oxidation sites excluding steroid dienone is 2. The van der Waals surface area contributed by atoms with Crippen molar-refractivity contribution in [1.29, 1.82) is 0 Å². The van der Waals surface area contributed by atoms with Gasteiger partial charge in [0.2, 0.25) is 0 Å². The Morgan fingerprint density at radius 3 is 1.86 bits per heavy atom. The molecule has 0 spiro atoms. The molecule has 1 aromatic carbocycles. The molecule has 0 aromatic heterocycles. The van der Waals surface area contributed by atoms with E-state index in [0.29, 0.717) is 11.1 Å². The first-order valence-corrected chi connectivity index (χ1v) is 6.83.